The van der Waals surface area contributed by atoms with E-state index in [1.165, 1.54) is 11.3 Å². The van der Waals surface area contributed by atoms with Gasteiger partial charge in [-0.05, 0) is 31.0 Å². The third kappa shape index (κ3) is 3.28. The molecule has 1 aliphatic heterocycles. The summed E-state index contributed by atoms with van der Waals surface area (Å²) in [4.78, 5) is 18.7. The molecule has 2 N–H and O–H groups in total. The fourth-order valence-electron chi connectivity index (χ4n) is 2.61. The molecule has 2 heterocycles. The Hall–Kier alpha value is -1.92. The number of carbonyl (C=O) groups is 1. The van der Waals surface area contributed by atoms with Crippen molar-refractivity contribution in [2.45, 2.75) is 13.0 Å². The topological polar surface area (TPSA) is 68.5 Å². The molecule has 1 saturated heterocycles. The van der Waals surface area contributed by atoms with Gasteiger partial charge in [0.2, 0.25) is 0 Å². The summed E-state index contributed by atoms with van der Waals surface area (Å²) >= 11 is 1.53. The molecule has 116 valence electrons. The molecule has 1 atom stereocenters. The Morgan fingerprint density at radius 3 is 3.05 bits per heavy atom. The average molecular weight is 317 g/mol. The highest BCUT2D eigenvalue weighted by Gasteiger charge is 2.27. The first kappa shape index (κ1) is 15.0. The van der Waals surface area contributed by atoms with E-state index in [1.807, 2.05) is 34.5 Å². The Morgan fingerprint density at radius 1 is 1.45 bits per heavy atom. The zero-order valence-corrected chi connectivity index (χ0v) is 13.1. The molecule has 5 nitrogen and oxygen atoms in total. The molecule has 0 unspecified atom stereocenters. The Bertz CT molecular complexity index is 630. The van der Waals surface area contributed by atoms with Crippen molar-refractivity contribution in [1.82, 2.24) is 9.88 Å². The maximum absolute atomic E-state index is 12.7. The molecule has 0 spiro atoms. The van der Waals surface area contributed by atoms with Crippen LogP contribution in [0.4, 0.5) is 0 Å². The lowest BCUT2D eigenvalue weighted by molar-refractivity contribution is 0.0782. The lowest BCUT2D eigenvalue weighted by Crippen LogP contribution is -2.30. The highest BCUT2D eigenvalue weighted by atomic mass is 32.1. The molecule has 0 saturated carbocycles. The number of hydrogen-bond donors (Lipinski definition) is 1. The van der Waals surface area contributed by atoms with Crippen LogP contribution in [-0.4, -0.2) is 35.4 Å². The quantitative estimate of drug-likeness (QED) is 0.917. The van der Waals surface area contributed by atoms with E-state index in [1.54, 1.807) is 5.51 Å². The minimum absolute atomic E-state index is 0.0184. The predicted octanol–water partition coefficient (Wildman–Crippen LogP) is 2.14. The van der Waals surface area contributed by atoms with Gasteiger partial charge >= 0.3 is 0 Å². The molecule has 1 aliphatic rings. The second kappa shape index (κ2) is 6.89. The van der Waals surface area contributed by atoms with Crippen LogP contribution in [-0.2, 0) is 6.61 Å². The minimum atomic E-state index is 0.0184. The third-order valence-electron chi connectivity index (χ3n) is 3.88. The van der Waals surface area contributed by atoms with Gasteiger partial charge in [0.1, 0.15) is 12.4 Å². The van der Waals surface area contributed by atoms with Gasteiger partial charge in [0.25, 0.3) is 5.91 Å². The van der Waals surface area contributed by atoms with E-state index in [4.69, 9.17) is 10.5 Å². The SMILES string of the molecule is NC[C@H]1CCN(C(=O)c2ccccc2OCc2cscn2)C1. The van der Waals surface area contributed by atoms with E-state index >= 15 is 0 Å². The van der Waals surface area contributed by atoms with Crippen LogP contribution in [0.3, 0.4) is 0 Å². The Balaban J connectivity index is 1.71. The van der Waals surface area contributed by atoms with E-state index in [0.717, 1.165) is 25.2 Å². The van der Waals surface area contributed by atoms with Gasteiger partial charge in [0.15, 0.2) is 0 Å². The van der Waals surface area contributed by atoms with E-state index in [-0.39, 0.29) is 5.91 Å². The third-order valence-corrected chi connectivity index (χ3v) is 4.52. The number of aromatic nitrogens is 1. The molecule has 22 heavy (non-hydrogen) atoms. The number of nitrogens with zero attached hydrogens (tertiary/aromatic N) is 2. The summed E-state index contributed by atoms with van der Waals surface area (Å²) in [5.74, 6) is 1.04. The lowest BCUT2D eigenvalue weighted by atomic mass is 10.1. The number of carbonyl (C=O) groups excluding carboxylic acids is 1. The van der Waals surface area contributed by atoms with Gasteiger partial charge < -0.3 is 15.4 Å². The summed E-state index contributed by atoms with van der Waals surface area (Å²) in [6, 6.07) is 7.38. The number of amides is 1. The minimum Gasteiger partial charge on any atom is -0.486 e. The molecule has 1 aromatic carbocycles. The smallest absolute Gasteiger partial charge is 0.257 e. The van der Waals surface area contributed by atoms with Gasteiger partial charge in [0.05, 0.1) is 16.8 Å². The van der Waals surface area contributed by atoms with Crippen molar-refractivity contribution >= 4 is 17.2 Å². The van der Waals surface area contributed by atoms with Crippen molar-refractivity contribution in [3.63, 3.8) is 0 Å². The monoisotopic (exact) mass is 317 g/mol. The summed E-state index contributed by atoms with van der Waals surface area (Å²) in [5, 5.41) is 1.94. The number of thiazole rings is 1. The normalized spacial score (nSPS) is 17.7. The second-order valence-corrected chi connectivity index (χ2v) is 6.12. The van der Waals surface area contributed by atoms with Crippen LogP contribution < -0.4 is 10.5 Å². The molecular weight excluding hydrogens is 298 g/mol. The Kier molecular flexibility index (Phi) is 4.70. The lowest BCUT2D eigenvalue weighted by Gasteiger charge is -2.18. The molecule has 1 fully saturated rings. The van der Waals surface area contributed by atoms with E-state index in [0.29, 0.717) is 30.4 Å². The van der Waals surface area contributed by atoms with Gasteiger partial charge in [-0.1, -0.05) is 12.1 Å². The number of hydrogen-bond acceptors (Lipinski definition) is 5. The van der Waals surface area contributed by atoms with Crippen LogP contribution in [0.5, 0.6) is 5.75 Å². The number of likely N-dealkylation sites (tertiary alicyclic amines) is 1. The number of nitrogens with two attached hydrogens (primary N) is 1. The van der Waals surface area contributed by atoms with Crippen molar-refractivity contribution in [1.29, 1.82) is 0 Å². The standard InChI is InChI=1S/C16H19N3O2S/c17-7-12-5-6-19(8-12)16(20)14-3-1-2-4-15(14)21-9-13-10-22-11-18-13/h1-4,10-12H,5-9,17H2/t12-/m1/s1. The van der Waals surface area contributed by atoms with Crippen LogP contribution in [0.1, 0.15) is 22.5 Å². The molecule has 6 heteroatoms. The zero-order chi connectivity index (χ0) is 15.4. The van der Waals surface area contributed by atoms with Crippen LogP contribution in [0.25, 0.3) is 0 Å². The first-order valence-corrected chi connectivity index (χ1v) is 8.30. The maximum Gasteiger partial charge on any atom is 0.257 e. The number of ether oxygens (including phenoxy) is 1. The maximum atomic E-state index is 12.7. The highest BCUT2D eigenvalue weighted by molar-refractivity contribution is 7.07. The predicted molar refractivity (Wildman–Crippen MR) is 86.0 cm³/mol. The van der Waals surface area contributed by atoms with E-state index in [2.05, 4.69) is 4.98 Å². The molecule has 0 aliphatic carbocycles. The molecule has 2 aromatic rings. The fraction of sp³-hybridized carbons (Fsp3) is 0.375. The number of rotatable bonds is 5. The summed E-state index contributed by atoms with van der Waals surface area (Å²) in [6.07, 6.45) is 0.976. The first-order chi connectivity index (χ1) is 10.8. The average Bonchev–Trinajstić information content (AvgIpc) is 3.24. The van der Waals surface area contributed by atoms with Gasteiger partial charge in [-0.3, -0.25) is 4.79 Å². The molecule has 1 aromatic heterocycles. The van der Waals surface area contributed by atoms with Crippen LogP contribution in [0.15, 0.2) is 35.2 Å². The number of benzene rings is 1. The second-order valence-electron chi connectivity index (χ2n) is 5.41. The molecule has 0 bridgehead atoms. The first-order valence-electron chi connectivity index (χ1n) is 7.36. The van der Waals surface area contributed by atoms with Crippen molar-refractivity contribution in [2.75, 3.05) is 19.6 Å². The molecule has 3 rings (SSSR count). The molecule has 0 radical (unpaired) electrons. The van der Waals surface area contributed by atoms with Gasteiger partial charge in [-0.2, -0.15) is 0 Å². The van der Waals surface area contributed by atoms with Crippen molar-refractivity contribution in [3.8, 4) is 5.75 Å². The van der Waals surface area contributed by atoms with Crippen LogP contribution in [0.2, 0.25) is 0 Å². The van der Waals surface area contributed by atoms with Crippen molar-refractivity contribution < 1.29 is 9.53 Å². The summed E-state index contributed by atoms with van der Waals surface area (Å²) in [7, 11) is 0. The molecular formula is C16H19N3O2S. The summed E-state index contributed by atoms with van der Waals surface area (Å²) in [5.41, 5.74) is 8.95. The van der Waals surface area contributed by atoms with E-state index < -0.39 is 0 Å². The van der Waals surface area contributed by atoms with E-state index in [9.17, 15) is 4.79 Å². The van der Waals surface area contributed by atoms with Gasteiger partial charge in [-0.15, -0.1) is 11.3 Å². The van der Waals surface area contributed by atoms with Crippen molar-refractivity contribution in [2.24, 2.45) is 11.7 Å². The highest BCUT2D eigenvalue weighted by Crippen LogP contribution is 2.24. The van der Waals surface area contributed by atoms with Crippen molar-refractivity contribution in [3.05, 3.63) is 46.4 Å². The van der Waals surface area contributed by atoms with Gasteiger partial charge in [0, 0.05) is 18.5 Å². The summed E-state index contributed by atoms with van der Waals surface area (Å²) < 4.78 is 5.79. The van der Waals surface area contributed by atoms with Crippen LogP contribution >= 0.6 is 11.3 Å². The van der Waals surface area contributed by atoms with Gasteiger partial charge in [-0.25, -0.2) is 4.98 Å². The summed E-state index contributed by atoms with van der Waals surface area (Å²) in [6.45, 7) is 2.50. The van der Waals surface area contributed by atoms with Crippen LogP contribution in [0, 0.1) is 5.92 Å². The molecule has 1 amide bonds. The Labute approximate surface area is 133 Å². The zero-order valence-electron chi connectivity index (χ0n) is 12.3. The fourth-order valence-corrected chi connectivity index (χ4v) is 3.15. The largest absolute Gasteiger partial charge is 0.486 e. The Morgan fingerprint density at radius 2 is 2.32 bits per heavy atom. The number of para-hydroxylation sites is 1.